The first-order chi connectivity index (χ1) is 12.5. The zero-order valence-electron chi connectivity index (χ0n) is 16.1. The third kappa shape index (κ3) is 4.38. The number of rotatable bonds is 2. The van der Waals surface area contributed by atoms with Crippen LogP contribution in [0.4, 0.5) is 0 Å². The summed E-state index contributed by atoms with van der Waals surface area (Å²) >= 11 is 0. The largest absolute Gasteiger partial charge is 0.308 e. The Balaban J connectivity index is 0.000000151. The molecule has 2 atom stereocenters. The van der Waals surface area contributed by atoms with Crippen LogP contribution >= 0.6 is 0 Å². The predicted molar refractivity (Wildman–Crippen MR) is 104 cm³/mol. The van der Waals surface area contributed by atoms with Crippen LogP contribution in [-0.2, 0) is 14.1 Å². The van der Waals surface area contributed by atoms with Crippen molar-refractivity contribution in [1.29, 1.82) is 0 Å². The summed E-state index contributed by atoms with van der Waals surface area (Å²) in [7, 11) is 3.92. The van der Waals surface area contributed by atoms with Gasteiger partial charge in [0, 0.05) is 38.7 Å². The van der Waals surface area contributed by atoms with Gasteiger partial charge < -0.3 is 5.32 Å². The van der Waals surface area contributed by atoms with E-state index in [1.807, 2.05) is 54.9 Å². The van der Waals surface area contributed by atoms with Gasteiger partial charge >= 0.3 is 0 Å². The number of aryl methyl sites for hydroxylation is 3. The molecule has 0 amide bonds. The van der Waals surface area contributed by atoms with Gasteiger partial charge in [0.25, 0.3) is 0 Å². The summed E-state index contributed by atoms with van der Waals surface area (Å²) in [5, 5.41) is 11.8. The van der Waals surface area contributed by atoms with Crippen LogP contribution in [0.15, 0.2) is 42.9 Å². The Morgan fingerprint density at radius 3 is 2.31 bits per heavy atom. The van der Waals surface area contributed by atoms with Gasteiger partial charge in [-0.15, -0.1) is 0 Å². The standard InChI is InChI=1S/C10H17N3.C10H11N3/c2*1-8-3-4-9(11-7-8)10-5-6-12-13(10)2/h5-6,8-9,11H,3-4,7H2,1-2H3;3-7H,1-2H3. The second-order valence-electron chi connectivity index (χ2n) is 7.08. The molecular formula is C20H28N6. The molecule has 0 bridgehead atoms. The van der Waals surface area contributed by atoms with Crippen molar-refractivity contribution in [3.63, 3.8) is 0 Å². The maximum atomic E-state index is 4.32. The molecule has 4 heterocycles. The van der Waals surface area contributed by atoms with Crippen molar-refractivity contribution in [2.45, 2.75) is 32.7 Å². The van der Waals surface area contributed by atoms with Crippen molar-refractivity contribution in [2.24, 2.45) is 20.0 Å². The monoisotopic (exact) mass is 352 g/mol. The molecule has 0 aliphatic carbocycles. The van der Waals surface area contributed by atoms with Crippen LogP contribution in [0.5, 0.6) is 0 Å². The van der Waals surface area contributed by atoms with E-state index in [9.17, 15) is 0 Å². The van der Waals surface area contributed by atoms with Gasteiger partial charge in [0.15, 0.2) is 0 Å². The van der Waals surface area contributed by atoms with E-state index >= 15 is 0 Å². The summed E-state index contributed by atoms with van der Waals surface area (Å²) in [5.74, 6) is 0.824. The molecular weight excluding hydrogens is 324 g/mol. The topological polar surface area (TPSA) is 60.6 Å². The van der Waals surface area contributed by atoms with E-state index in [1.54, 1.807) is 6.20 Å². The van der Waals surface area contributed by atoms with Crippen molar-refractivity contribution in [3.05, 3.63) is 54.1 Å². The number of nitrogens with zero attached hydrogens (tertiary/aromatic N) is 5. The Labute approximate surface area is 155 Å². The Kier molecular flexibility index (Phi) is 5.83. The highest BCUT2D eigenvalue weighted by atomic mass is 15.3. The fourth-order valence-corrected chi connectivity index (χ4v) is 3.22. The van der Waals surface area contributed by atoms with Crippen LogP contribution < -0.4 is 5.32 Å². The molecule has 2 unspecified atom stereocenters. The average molecular weight is 352 g/mol. The van der Waals surface area contributed by atoms with E-state index in [0.717, 1.165) is 23.9 Å². The molecule has 0 radical (unpaired) electrons. The van der Waals surface area contributed by atoms with Gasteiger partial charge in [-0.3, -0.25) is 14.3 Å². The predicted octanol–water partition coefficient (Wildman–Crippen LogP) is 3.27. The maximum absolute atomic E-state index is 4.32. The molecule has 0 saturated carbocycles. The van der Waals surface area contributed by atoms with Gasteiger partial charge in [0.2, 0.25) is 0 Å². The van der Waals surface area contributed by atoms with Crippen LogP contribution in [0.2, 0.25) is 0 Å². The lowest BCUT2D eigenvalue weighted by molar-refractivity contribution is 0.322. The molecule has 1 saturated heterocycles. The normalized spacial score (nSPS) is 19.7. The van der Waals surface area contributed by atoms with Crippen LogP contribution in [-0.4, -0.2) is 31.1 Å². The Hall–Kier alpha value is -2.47. The van der Waals surface area contributed by atoms with Gasteiger partial charge in [-0.1, -0.05) is 13.0 Å². The average Bonchev–Trinajstić information content (AvgIpc) is 3.25. The number of hydrogen-bond donors (Lipinski definition) is 1. The lowest BCUT2D eigenvalue weighted by Gasteiger charge is -2.27. The zero-order chi connectivity index (χ0) is 18.5. The highest BCUT2D eigenvalue weighted by Gasteiger charge is 2.20. The van der Waals surface area contributed by atoms with E-state index in [1.165, 1.54) is 24.1 Å². The molecule has 1 N–H and O–H groups in total. The number of nitrogens with one attached hydrogen (secondary N) is 1. The van der Waals surface area contributed by atoms with Gasteiger partial charge in [-0.05, 0) is 56.0 Å². The van der Waals surface area contributed by atoms with Crippen LogP contribution in [0, 0.1) is 12.8 Å². The second kappa shape index (κ2) is 8.27. The summed E-state index contributed by atoms with van der Waals surface area (Å²) in [6.45, 7) is 5.46. The summed E-state index contributed by atoms with van der Waals surface area (Å²) in [4.78, 5) is 4.32. The molecule has 26 heavy (non-hydrogen) atoms. The zero-order valence-corrected chi connectivity index (χ0v) is 16.1. The number of aromatic nitrogens is 5. The van der Waals surface area contributed by atoms with Gasteiger partial charge in [0.1, 0.15) is 0 Å². The molecule has 3 aromatic rings. The first-order valence-electron chi connectivity index (χ1n) is 9.17. The molecule has 4 rings (SSSR count). The van der Waals surface area contributed by atoms with E-state index in [-0.39, 0.29) is 0 Å². The number of hydrogen-bond acceptors (Lipinski definition) is 4. The van der Waals surface area contributed by atoms with E-state index < -0.39 is 0 Å². The van der Waals surface area contributed by atoms with Crippen molar-refractivity contribution >= 4 is 0 Å². The van der Waals surface area contributed by atoms with Gasteiger partial charge in [-0.25, -0.2) is 0 Å². The Bertz CT molecular complexity index is 809. The van der Waals surface area contributed by atoms with Gasteiger partial charge in [-0.2, -0.15) is 10.2 Å². The first kappa shape index (κ1) is 18.3. The number of pyridine rings is 1. The second-order valence-corrected chi connectivity index (χ2v) is 7.08. The molecule has 3 aromatic heterocycles. The van der Waals surface area contributed by atoms with Crippen LogP contribution in [0.3, 0.4) is 0 Å². The maximum Gasteiger partial charge on any atom is 0.0883 e. The molecule has 138 valence electrons. The van der Waals surface area contributed by atoms with Crippen molar-refractivity contribution in [1.82, 2.24) is 29.9 Å². The molecule has 1 fully saturated rings. The minimum atomic E-state index is 0.517. The Morgan fingerprint density at radius 2 is 1.77 bits per heavy atom. The lowest BCUT2D eigenvalue weighted by Crippen LogP contribution is -2.32. The highest BCUT2D eigenvalue weighted by molar-refractivity contribution is 5.53. The smallest absolute Gasteiger partial charge is 0.0883 e. The van der Waals surface area contributed by atoms with E-state index in [0.29, 0.717) is 6.04 Å². The Morgan fingerprint density at radius 1 is 1.00 bits per heavy atom. The molecule has 1 aliphatic heterocycles. The summed E-state index contributed by atoms with van der Waals surface area (Å²) in [6.07, 6.45) is 8.07. The SMILES string of the molecule is CC1CCC(c2ccnn2C)NC1.Cc1ccc(-c2ccnn2C)nc1. The minimum Gasteiger partial charge on any atom is -0.308 e. The van der Waals surface area contributed by atoms with E-state index in [4.69, 9.17) is 0 Å². The lowest BCUT2D eigenvalue weighted by atomic mass is 9.95. The molecule has 6 nitrogen and oxygen atoms in total. The highest BCUT2D eigenvalue weighted by Crippen LogP contribution is 2.24. The third-order valence-electron chi connectivity index (χ3n) is 4.87. The molecule has 0 aromatic carbocycles. The molecule has 0 spiro atoms. The minimum absolute atomic E-state index is 0.517. The number of piperidine rings is 1. The van der Waals surface area contributed by atoms with Crippen molar-refractivity contribution in [3.8, 4) is 11.4 Å². The van der Waals surface area contributed by atoms with E-state index in [2.05, 4.69) is 39.6 Å². The summed E-state index contributed by atoms with van der Waals surface area (Å²) in [6, 6.07) is 8.64. The fourth-order valence-electron chi connectivity index (χ4n) is 3.22. The quantitative estimate of drug-likeness (QED) is 0.769. The van der Waals surface area contributed by atoms with Crippen molar-refractivity contribution < 1.29 is 0 Å². The molecule has 1 aliphatic rings. The van der Waals surface area contributed by atoms with Crippen molar-refractivity contribution in [2.75, 3.05) is 6.54 Å². The third-order valence-corrected chi connectivity index (χ3v) is 4.87. The fraction of sp³-hybridized carbons (Fsp3) is 0.450. The first-order valence-corrected chi connectivity index (χ1v) is 9.17. The van der Waals surface area contributed by atoms with Gasteiger partial charge in [0.05, 0.1) is 17.1 Å². The van der Waals surface area contributed by atoms with Crippen LogP contribution in [0.25, 0.3) is 11.4 Å². The van der Waals surface area contributed by atoms with Crippen LogP contribution in [0.1, 0.15) is 37.1 Å². The molecule has 6 heteroatoms. The summed E-state index contributed by atoms with van der Waals surface area (Å²) < 4.78 is 3.78. The summed E-state index contributed by atoms with van der Waals surface area (Å²) in [5.41, 5.74) is 4.49.